The van der Waals surface area contributed by atoms with Crippen LogP contribution >= 0.6 is 0 Å². The summed E-state index contributed by atoms with van der Waals surface area (Å²) in [5.74, 6) is 1.36. The number of guanidine groups is 1. The van der Waals surface area contributed by atoms with Crippen LogP contribution in [0.25, 0.3) is 0 Å². The maximum absolute atomic E-state index is 13.8. The summed E-state index contributed by atoms with van der Waals surface area (Å²) in [6.45, 7) is 4.30. The Hall–Kier alpha value is -1.58. The van der Waals surface area contributed by atoms with Crippen molar-refractivity contribution in [3.8, 4) is 0 Å². The molecule has 108 valence electrons. The van der Waals surface area contributed by atoms with Gasteiger partial charge < -0.3 is 11.1 Å². The second kappa shape index (κ2) is 5.08. The molecule has 2 unspecified atom stereocenters. The monoisotopic (exact) mass is 275 g/mol. The summed E-state index contributed by atoms with van der Waals surface area (Å²) in [7, 11) is 0. The Bertz CT molecular complexity index is 541. The highest BCUT2D eigenvalue weighted by Crippen LogP contribution is 2.43. The number of halogens is 1. The first kappa shape index (κ1) is 13.4. The Balaban J connectivity index is 1.85. The van der Waals surface area contributed by atoms with E-state index in [1.54, 1.807) is 6.07 Å². The molecule has 20 heavy (non-hydrogen) atoms. The van der Waals surface area contributed by atoms with Crippen LogP contribution < -0.4 is 11.1 Å². The van der Waals surface area contributed by atoms with Crippen molar-refractivity contribution in [2.24, 2.45) is 16.6 Å². The molecule has 1 saturated carbocycles. The summed E-state index contributed by atoms with van der Waals surface area (Å²) >= 11 is 0. The van der Waals surface area contributed by atoms with Crippen LogP contribution in [-0.4, -0.2) is 18.0 Å². The van der Waals surface area contributed by atoms with Crippen LogP contribution in [0.5, 0.6) is 0 Å². The van der Waals surface area contributed by atoms with E-state index in [0.717, 1.165) is 24.8 Å². The van der Waals surface area contributed by atoms with E-state index < -0.39 is 0 Å². The zero-order chi connectivity index (χ0) is 14.3. The molecule has 3 N–H and O–H groups in total. The van der Waals surface area contributed by atoms with Crippen molar-refractivity contribution in [2.75, 3.05) is 0 Å². The van der Waals surface area contributed by atoms with E-state index in [-0.39, 0.29) is 11.9 Å². The molecule has 4 atom stereocenters. The first-order chi connectivity index (χ1) is 9.60. The Morgan fingerprint density at radius 2 is 2.25 bits per heavy atom. The number of benzene rings is 1. The molecule has 0 spiro atoms. The van der Waals surface area contributed by atoms with Crippen LogP contribution in [0.2, 0.25) is 0 Å². The molecule has 1 aromatic carbocycles. The van der Waals surface area contributed by atoms with Crippen LogP contribution in [0, 0.1) is 11.7 Å². The zero-order valence-corrected chi connectivity index (χ0v) is 12.1. The van der Waals surface area contributed by atoms with Crippen molar-refractivity contribution in [3.63, 3.8) is 0 Å². The molecule has 2 aliphatic rings. The van der Waals surface area contributed by atoms with E-state index in [4.69, 9.17) is 5.73 Å². The van der Waals surface area contributed by atoms with Crippen molar-refractivity contribution in [2.45, 2.75) is 51.1 Å². The largest absolute Gasteiger partial charge is 0.370 e. The predicted octanol–water partition coefficient (Wildman–Crippen LogP) is 2.56. The van der Waals surface area contributed by atoms with Crippen LogP contribution in [0.3, 0.4) is 0 Å². The summed E-state index contributed by atoms with van der Waals surface area (Å²) in [5, 5.41) is 3.25. The number of fused-ring (bicyclic) bond motifs is 1. The van der Waals surface area contributed by atoms with E-state index in [9.17, 15) is 4.39 Å². The molecule has 1 aliphatic heterocycles. The van der Waals surface area contributed by atoms with Gasteiger partial charge in [-0.3, -0.25) is 0 Å². The van der Waals surface area contributed by atoms with Gasteiger partial charge in [-0.2, -0.15) is 0 Å². The van der Waals surface area contributed by atoms with E-state index in [1.807, 2.05) is 12.1 Å². The summed E-state index contributed by atoms with van der Waals surface area (Å²) in [5.41, 5.74) is 7.83. The Labute approximate surface area is 119 Å². The lowest BCUT2D eigenvalue weighted by molar-refractivity contribution is 0.475. The van der Waals surface area contributed by atoms with Gasteiger partial charge in [0.05, 0.1) is 12.1 Å². The first-order valence-electron chi connectivity index (χ1n) is 7.48. The number of hydrogen-bond acceptors (Lipinski definition) is 3. The molecular weight excluding hydrogens is 253 g/mol. The molecule has 0 bridgehead atoms. The number of aliphatic imine (C=N–C) groups is 1. The molecule has 1 heterocycles. The van der Waals surface area contributed by atoms with E-state index in [1.165, 1.54) is 5.56 Å². The molecular formula is C16H22FN3. The van der Waals surface area contributed by atoms with E-state index in [2.05, 4.69) is 24.2 Å². The summed E-state index contributed by atoms with van der Waals surface area (Å²) in [6, 6.07) is 6.21. The van der Waals surface area contributed by atoms with Gasteiger partial charge in [-0.15, -0.1) is 0 Å². The molecule has 1 fully saturated rings. The molecule has 4 heteroatoms. The van der Waals surface area contributed by atoms with E-state index in [0.29, 0.717) is 23.8 Å². The summed E-state index contributed by atoms with van der Waals surface area (Å²) in [4.78, 5) is 4.49. The average molecular weight is 275 g/mol. The molecule has 0 amide bonds. The van der Waals surface area contributed by atoms with Gasteiger partial charge in [0, 0.05) is 0 Å². The van der Waals surface area contributed by atoms with Crippen molar-refractivity contribution < 1.29 is 4.39 Å². The van der Waals surface area contributed by atoms with Gasteiger partial charge in [0.15, 0.2) is 5.96 Å². The normalized spacial score (nSPS) is 31.9. The molecule has 1 aliphatic carbocycles. The van der Waals surface area contributed by atoms with Crippen LogP contribution in [0.4, 0.5) is 4.39 Å². The number of aryl methyl sites for hydroxylation is 1. The van der Waals surface area contributed by atoms with E-state index >= 15 is 0 Å². The fourth-order valence-corrected chi connectivity index (χ4v) is 3.70. The fraction of sp³-hybridized carbons (Fsp3) is 0.562. The summed E-state index contributed by atoms with van der Waals surface area (Å²) in [6.07, 6.45) is 2.79. The van der Waals surface area contributed by atoms with Gasteiger partial charge in [-0.05, 0) is 41.9 Å². The average Bonchev–Trinajstić information content (AvgIpc) is 2.91. The lowest BCUT2D eigenvalue weighted by atomic mass is 9.87. The molecule has 0 aromatic heterocycles. The number of nitrogens with one attached hydrogen (secondary N) is 1. The molecule has 0 radical (unpaired) electrons. The lowest BCUT2D eigenvalue weighted by Gasteiger charge is -2.19. The van der Waals surface area contributed by atoms with Gasteiger partial charge in [0.1, 0.15) is 5.82 Å². The van der Waals surface area contributed by atoms with Crippen molar-refractivity contribution in [1.29, 1.82) is 0 Å². The zero-order valence-electron chi connectivity index (χ0n) is 12.1. The third-order valence-corrected chi connectivity index (χ3v) is 4.73. The topological polar surface area (TPSA) is 50.4 Å². The second-order valence-electron chi connectivity index (χ2n) is 6.06. The Morgan fingerprint density at radius 1 is 1.45 bits per heavy atom. The third-order valence-electron chi connectivity index (χ3n) is 4.73. The third kappa shape index (κ3) is 2.17. The molecule has 3 nitrogen and oxygen atoms in total. The maximum Gasteiger partial charge on any atom is 0.189 e. The molecule has 0 saturated heterocycles. The van der Waals surface area contributed by atoms with Gasteiger partial charge in [0.2, 0.25) is 0 Å². The van der Waals surface area contributed by atoms with Crippen molar-refractivity contribution >= 4 is 5.96 Å². The van der Waals surface area contributed by atoms with Gasteiger partial charge in [-0.1, -0.05) is 32.4 Å². The van der Waals surface area contributed by atoms with Crippen molar-refractivity contribution in [1.82, 2.24) is 5.32 Å². The highest BCUT2D eigenvalue weighted by atomic mass is 19.1. The smallest absolute Gasteiger partial charge is 0.189 e. The Kier molecular flexibility index (Phi) is 3.40. The van der Waals surface area contributed by atoms with Crippen LogP contribution in [-0.2, 0) is 6.42 Å². The van der Waals surface area contributed by atoms with Crippen molar-refractivity contribution in [3.05, 3.63) is 35.1 Å². The number of hydrogen-bond donors (Lipinski definition) is 2. The van der Waals surface area contributed by atoms with Gasteiger partial charge >= 0.3 is 0 Å². The summed E-state index contributed by atoms with van der Waals surface area (Å²) < 4.78 is 13.8. The van der Waals surface area contributed by atoms with Gasteiger partial charge in [0.25, 0.3) is 0 Å². The minimum atomic E-state index is -0.0816. The Morgan fingerprint density at radius 3 is 2.95 bits per heavy atom. The number of nitrogens with two attached hydrogens (primary N) is 1. The predicted molar refractivity (Wildman–Crippen MR) is 79.3 cm³/mol. The molecule has 1 aromatic rings. The molecule has 3 rings (SSSR count). The minimum Gasteiger partial charge on any atom is -0.370 e. The second-order valence-corrected chi connectivity index (χ2v) is 6.06. The fourth-order valence-electron chi connectivity index (χ4n) is 3.70. The standard InChI is InChI=1S/C16H22FN3/c1-3-4-11-7-10(5-6-13(11)17)12-8-14-15(9(12)2)20-16(18)19-14/h5-7,9,12,14-15H,3-4,8H2,1-2H3,(H3,18,19,20)/t9-,12-,14?,15?/m0/s1. The maximum atomic E-state index is 13.8. The van der Waals surface area contributed by atoms with Gasteiger partial charge in [-0.25, -0.2) is 9.38 Å². The number of nitrogens with zero attached hydrogens (tertiary/aromatic N) is 1. The number of rotatable bonds is 3. The lowest BCUT2D eigenvalue weighted by Crippen LogP contribution is -2.35. The minimum absolute atomic E-state index is 0.0816. The highest BCUT2D eigenvalue weighted by molar-refractivity contribution is 5.80. The van der Waals surface area contributed by atoms with Crippen LogP contribution in [0.1, 0.15) is 43.7 Å². The quantitative estimate of drug-likeness (QED) is 0.890. The first-order valence-corrected chi connectivity index (χ1v) is 7.48. The SMILES string of the molecule is CCCc1cc([C@H]2CC3NC(N)=NC3[C@H]2C)ccc1F. The highest BCUT2D eigenvalue weighted by Gasteiger charge is 2.44. The van der Waals surface area contributed by atoms with Crippen LogP contribution in [0.15, 0.2) is 23.2 Å².